The highest BCUT2D eigenvalue weighted by Gasteiger charge is 2.34. The molecule has 1 aromatic heterocycles. The number of rotatable bonds is 6. The zero-order valence-corrected chi connectivity index (χ0v) is 15.0. The molecule has 0 saturated carbocycles. The molecule has 0 bridgehead atoms. The van der Waals surface area contributed by atoms with Crippen LogP contribution >= 0.6 is 11.3 Å². The Hall–Kier alpha value is -2.62. The molecule has 2 aromatic carbocycles. The van der Waals surface area contributed by atoms with Gasteiger partial charge in [0.15, 0.2) is 11.6 Å². The van der Waals surface area contributed by atoms with Gasteiger partial charge in [-0.1, -0.05) is 0 Å². The second-order valence-corrected chi connectivity index (χ2v) is 6.62. The van der Waals surface area contributed by atoms with Gasteiger partial charge in [0.1, 0.15) is 23.9 Å². The van der Waals surface area contributed by atoms with E-state index in [2.05, 4.69) is 4.74 Å². The number of alkyl halides is 3. The van der Waals surface area contributed by atoms with Gasteiger partial charge in [-0.05, 0) is 25.1 Å². The van der Waals surface area contributed by atoms with Crippen molar-refractivity contribution in [3.8, 4) is 17.2 Å². The van der Waals surface area contributed by atoms with E-state index in [0.717, 1.165) is 11.3 Å². The topological polar surface area (TPSA) is 27.7 Å². The van der Waals surface area contributed by atoms with Gasteiger partial charge in [0.05, 0.1) is 11.5 Å². The highest BCUT2D eigenvalue weighted by Crippen LogP contribution is 2.35. The number of benzene rings is 2. The third-order valence-corrected chi connectivity index (χ3v) is 4.64. The van der Waals surface area contributed by atoms with Crippen LogP contribution in [0, 0.1) is 17.5 Å². The normalized spacial score (nSPS) is 11.7. The van der Waals surface area contributed by atoms with Crippen molar-refractivity contribution in [1.82, 2.24) is 0 Å². The lowest BCUT2D eigenvalue weighted by Gasteiger charge is -2.12. The van der Waals surface area contributed by atoms with Gasteiger partial charge in [0.25, 0.3) is 0 Å². The highest BCUT2D eigenvalue weighted by molar-refractivity contribution is 7.19. The molecule has 0 aliphatic carbocycles. The number of thiophene rings is 1. The first kappa shape index (κ1) is 20.1. The molecule has 1 heterocycles. The van der Waals surface area contributed by atoms with Crippen molar-refractivity contribution >= 4 is 21.4 Å². The SMILES string of the molecule is CCOc1ccc2c(F)c(COc3cc(F)c(OC(F)(F)F)c(F)c3)sc2c1. The molecule has 0 spiro atoms. The molecule has 0 saturated heterocycles. The van der Waals surface area contributed by atoms with Crippen LogP contribution in [0.2, 0.25) is 0 Å². The van der Waals surface area contributed by atoms with Gasteiger partial charge in [-0.15, -0.1) is 24.5 Å². The number of hydrogen-bond donors (Lipinski definition) is 0. The van der Waals surface area contributed by atoms with E-state index in [9.17, 15) is 26.3 Å². The van der Waals surface area contributed by atoms with Crippen LogP contribution in [-0.2, 0) is 6.61 Å². The monoisotopic (exact) mass is 422 g/mol. The number of halogens is 6. The van der Waals surface area contributed by atoms with Crippen molar-refractivity contribution in [2.24, 2.45) is 0 Å². The maximum Gasteiger partial charge on any atom is 0.573 e. The molecule has 0 N–H and O–H groups in total. The van der Waals surface area contributed by atoms with Crippen LogP contribution in [-0.4, -0.2) is 13.0 Å². The Morgan fingerprint density at radius 2 is 1.61 bits per heavy atom. The summed E-state index contributed by atoms with van der Waals surface area (Å²) in [6.45, 7) is 1.88. The minimum atomic E-state index is -5.25. The molecule has 3 aromatic rings. The van der Waals surface area contributed by atoms with E-state index in [1.54, 1.807) is 12.1 Å². The van der Waals surface area contributed by atoms with Gasteiger partial charge in [-0.2, -0.15) is 0 Å². The standard InChI is InChI=1S/C18H12F6O3S/c1-2-25-9-3-4-11-14(7-9)28-15(16(11)21)8-26-10-5-12(19)17(13(20)6-10)27-18(22,23)24/h3-7H,2,8H2,1H3. The van der Waals surface area contributed by atoms with Crippen LogP contribution in [0.3, 0.4) is 0 Å². The van der Waals surface area contributed by atoms with Crippen LogP contribution in [0.15, 0.2) is 30.3 Å². The molecular formula is C18H12F6O3S. The van der Waals surface area contributed by atoms with Gasteiger partial charge in [-0.25, -0.2) is 13.2 Å². The number of fused-ring (bicyclic) bond motifs is 1. The summed E-state index contributed by atoms with van der Waals surface area (Å²) in [4.78, 5) is 0.153. The molecule has 3 nitrogen and oxygen atoms in total. The quantitative estimate of drug-likeness (QED) is 0.443. The largest absolute Gasteiger partial charge is 0.573 e. The predicted octanol–water partition coefficient (Wildman–Crippen LogP) is 6.19. The van der Waals surface area contributed by atoms with Crippen LogP contribution in [0.25, 0.3) is 10.1 Å². The second-order valence-electron chi connectivity index (χ2n) is 5.48. The lowest BCUT2D eigenvalue weighted by molar-refractivity contribution is -0.276. The van der Waals surface area contributed by atoms with Crippen molar-refractivity contribution in [3.63, 3.8) is 0 Å². The van der Waals surface area contributed by atoms with E-state index >= 15 is 0 Å². The molecule has 0 atom stereocenters. The van der Waals surface area contributed by atoms with Crippen molar-refractivity contribution < 1.29 is 40.6 Å². The molecule has 0 radical (unpaired) electrons. The molecule has 0 aliphatic heterocycles. The molecule has 0 amide bonds. The van der Waals surface area contributed by atoms with E-state index in [0.29, 0.717) is 34.6 Å². The molecule has 28 heavy (non-hydrogen) atoms. The van der Waals surface area contributed by atoms with Crippen molar-refractivity contribution in [2.45, 2.75) is 19.9 Å². The summed E-state index contributed by atoms with van der Waals surface area (Å²) < 4.78 is 92.7. The first-order valence-electron chi connectivity index (χ1n) is 7.89. The summed E-state index contributed by atoms with van der Waals surface area (Å²) in [7, 11) is 0. The van der Waals surface area contributed by atoms with Gasteiger partial charge >= 0.3 is 6.36 Å². The van der Waals surface area contributed by atoms with Gasteiger partial charge < -0.3 is 14.2 Å². The van der Waals surface area contributed by atoms with Crippen molar-refractivity contribution in [1.29, 1.82) is 0 Å². The third kappa shape index (κ3) is 4.44. The first-order chi connectivity index (χ1) is 13.2. The zero-order valence-electron chi connectivity index (χ0n) is 14.2. The zero-order chi connectivity index (χ0) is 20.5. The summed E-state index contributed by atoms with van der Waals surface area (Å²) in [5, 5.41) is 0.332. The smallest absolute Gasteiger partial charge is 0.494 e. The van der Waals surface area contributed by atoms with Crippen molar-refractivity contribution in [3.05, 3.63) is 52.7 Å². The van der Waals surface area contributed by atoms with E-state index in [1.807, 2.05) is 6.92 Å². The summed E-state index contributed by atoms with van der Waals surface area (Å²) in [6.07, 6.45) is -5.25. The Bertz CT molecular complexity index is 976. The van der Waals surface area contributed by atoms with Crippen LogP contribution in [0.5, 0.6) is 17.2 Å². The van der Waals surface area contributed by atoms with Crippen molar-refractivity contribution in [2.75, 3.05) is 6.61 Å². The summed E-state index contributed by atoms with van der Waals surface area (Å²) in [5.41, 5.74) is 0. The molecule has 3 rings (SSSR count). The average molecular weight is 422 g/mol. The lowest BCUT2D eigenvalue weighted by atomic mass is 10.2. The van der Waals surface area contributed by atoms with Gasteiger partial charge in [0.2, 0.25) is 5.75 Å². The Morgan fingerprint density at radius 1 is 0.929 bits per heavy atom. The fourth-order valence-corrected chi connectivity index (χ4v) is 3.45. The lowest BCUT2D eigenvalue weighted by Crippen LogP contribution is -2.19. The maximum absolute atomic E-state index is 14.5. The maximum atomic E-state index is 14.5. The van der Waals surface area contributed by atoms with E-state index in [-0.39, 0.29) is 11.5 Å². The van der Waals surface area contributed by atoms with E-state index in [4.69, 9.17) is 9.47 Å². The minimum absolute atomic E-state index is 0.153. The highest BCUT2D eigenvalue weighted by atomic mass is 32.1. The van der Waals surface area contributed by atoms with Crippen LogP contribution < -0.4 is 14.2 Å². The van der Waals surface area contributed by atoms with Crippen LogP contribution in [0.1, 0.15) is 11.8 Å². The van der Waals surface area contributed by atoms with Crippen LogP contribution in [0.4, 0.5) is 26.3 Å². The summed E-state index contributed by atoms with van der Waals surface area (Å²) in [6, 6.07) is 5.86. The third-order valence-electron chi connectivity index (χ3n) is 3.54. The Labute approximate surface area is 159 Å². The average Bonchev–Trinajstić information content (AvgIpc) is 2.91. The number of hydrogen-bond acceptors (Lipinski definition) is 4. The van der Waals surface area contributed by atoms with E-state index in [1.165, 1.54) is 6.07 Å². The Balaban J connectivity index is 1.79. The summed E-state index contributed by atoms with van der Waals surface area (Å²) in [5.74, 6) is -5.17. The minimum Gasteiger partial charge on any atom is -0.494 e. The Kier molecular flexibility index (Phi) is 5.59. The Morgan fingerprint density at radius 3 is 2.21 bits per heavy atom. The molecule has 0 unspecified atom stereocenters. The molecular weight excluding hydrogens is 410 g/mol. The van der Waals surface area contributed by atoms with E-state index < -0.39 is 35.3 Å². The molecule has 10 heteroatoms. The number of ether oxygens (including phenoxy) is 3. The first-order valence-corrected chi connectivity index (χ1v) is 8.71. The fraction of sp³-hybridized carbons (Fsp3) is 0.222. The summed E-state index contributed by atoms with van der Waals surface area (Å²) >= 11 is 1.06. The van der Waals surface area contributed by atoms with Gasteiger partial charge in [0, 0.05) is 22.2 Å². The molecule has 0 fully saturated rings. The predicted molar refractivity (Wildman–Crippen MR) is 90.3 cm³/mol. The van der Waals surface area contributed by atoms with Gasteiger partial charge in [-0.3, -0.25) is 0 Å². The molecule has 0 aliphatic rings. The second kappa shape index (κ2) is 7.78. The molecule has 150 valence electrons. The fourth-order valence-electron chi connectivity index (χ4n) is 2.43.